The zero-order chi connectivity index (χ0) is 26.3. The molecule has 3 heterocycles. The molecule has 3 aliphatic rings. The van der Waals surface area contributed by atoms with Crippen LogP contribution in [0.2, 0.25) is 0 Å². The van der Waals surface area contributed by atoms with Crippen molar-refractivity contribution >= 4 is 35.2 Å². The SMILES string of the molecule is CC(=N/NC(N)=O)/C(=N/[O-])N1CC[N+]2(CC1)CC[N+]1(CCN(C(=N\[O-])/C(C)=N/NC(N)=O)CC1)CC2. The van der Waals surface area contributed by atoms with E-state index in [1.54, 1.807) is 13.8 Å². The number of nitrogens with two attached hydrogens (primary N) is 2. The van der Waals surface area contributed by atoms with Crippen LogP contribution < -0.4 is 22.3 Å². The molecule has 0 bridgehead atoms. The summed E-state index contributed by atoms with van der Waals surface area (Å²) in [7, 11) is 0. The van der Waals surface area contributed by atoms with Crippen LogP contribution in [0.5, 0.6) is 0 Å². The predicted molar refractivity (Wildman–Crippen MR) is 136 cm³/mol. The molecule has 200 valence electrons. The van der Waals surface area contributed by atoms with Gasteiger partial charge in [0, 0.05) is 0 Å². The topological polar surface area (TPSA) is 212 Å². The van der Waals surface area contributed by atoms with Crippen molar-refractivity contribution in [2.75, 3.05) is 78.5 Å². The van der Waals surface area contributed by atoms with Gasteiger partial charge in [-0.1, -0.05) is 0 Å². The van der Waals surface area contributed by atoms with Crippen molar-refractivity contribution in [2.45, 2.75) is 13.8 Å². The van der Waals surface area contributed by atoms with Crippen molar-refractivity contribution in [3.8, 4) is 0 Å². The molecule has 3 rings (SSSR count). The third-order valence-corrected chi connectivity index (χ3v) is 7.56. The number of primary amides is 2. The van der Waals surface area contributed by atoms with Gasteiger partial charge < -0.3 is 51.0 Å². The van der Waals surface area contributed by atoms with E-state index < -0.39 is 12.1 Å². The molecule has 3 fully saturated rings. The Morgan fingerprint density at radius 1 is 0.667 bits per heavy atom. The van der Waals surface area contributed by atoms with Gasteiger partial charge in [0.15, 0.2) is 0 Å². The number of urea groups is 2. The third kappa shape index (κ3) is 6.31. The average Bonchev–Trinajstić information content (AvgIpc) is 2.87. The zero-order valence-corrected chi connectivity index (χ0v) is 20.9. The molecule has 0 atom stereocenters. The molecule has 0 aliphatic carbocycles. The summed E-state index contributed by atoms with van der Waals surface area (Å²) in [6, 6.07) is -1.59. The quantitative estimate of drug-likeness (QED) is 0.148. The van der Waals surface area contributed by atoms with Crippen LogP contribution in [0.15, 0.2) is 20.5 Å². The second-order valence-electron chi connectivity index (χ2n) is 9.62. The van der Waals surface area contributed by atoms with E-state index in [0.29, 0.717) is 37.6 Å². The summed E-state index contributed by atoms with van der Waals surface area (Å²) in [6.45, 7) is 13.7. The summed E-state index contributed by atoms with van der Waals surface area (Å²) >= 11 is 0. The molecule has 16 heteroatoms. The number of hydrogen-bond acceptors (Lipinski definition) is 8. The van der Waals surface area contributed by atoms with Crippen LogP contribution in [-0.4, -0.2) is 132 Å². The first-order chi connectivity index (χ1) is 17.1. The lowest BCUT2D eigenvalue weighted by molar-refractivity contribution is -1.03. The van der Waals surface area contributed by atoms with E-state index in [4.69, 9.17) is 11.5 Å². The monoisotopic (exact) mass is 508 g/mol. The fraction of sp³-hybridized carbons (Fsp3) is 0.700. The molecular weight excluding hydrogens is 472 g/mol. The van der Waals surface area contributed by atoms with Gasteiger partial charge >= 0.3 is 12.1 Å². The number of nitrogens with one attached hydrogen (secondary N) is 2. The minimum absolute atomic E-state index is 0.221. The highest BCUT2D eigenvalue weighted by molar-refractivity contribution is 6.41. The van der Waals surface area contributed by atoms with Crippen molar-refractivity contribution in [3.05, 3.63) is 10.4 Å². The van der Waals surface area contributed by atoms with Crippen LogP contribution in [0.4, 0.5) is 9.59 Å². The maximum absolute atomic E-state index is 11.4. The molecule has 0 saturated carbocycles. The Morgan fingerprint density at radius 3 is 1.22 bits per heavy atom. The first-order valence-electron chi connectivity index (χ1n) is 11.9. The molecule has 6 N–H and O–H groups in total. The summed E-state index contributed by atoms with van der Waals surface area (Å²) in [5.74, 6) is 0.442. The lowest BCUT2D eigenvalue weighted by Crippen LogP contribution is -2.73. The molecule has 3 aliphatic heterocycles. The maximum atomic E-state index is 11.4. The van der Waals surface area contributed by atoms with Crippen molar-refractivity contribution < 1.29 is 18.6 Å². The van der Waals surface area contributed by atoms with Crippen molar-refractivity contribution in [1.82, 2.24) is 20.7 Å². The second-order valence-corrected chi connectivity index (χ2v) is 9.62. The van der Waals surface area contributed by atoms with Gasteiger partial charge in [0.1, 0.15) is 37.9 Å². The molecule has 4 amide bonds. The van der Waals surface area contributed by atoms with Gasteiger partial charge in [-0.25, -0.2) is 20.4 Å². The number of amides is 4. The fourth-order valence-corrected chi connectivity index (χ4v) is 5.25. The number of carbonyl (C=O) groups excluding carboxylic acids is 2. The summed E-state index contributed by atoms with van der Waals surface area (Å²) < 4.78 is 2.00. The van der Waals surface area contributed by atoms with E-state index in [1.807, 2.05) is 9.80 Å². The second kappa shape index (κ2) is 11.4. The molecule has 2 spiro atoms. The Morgan fingerprint density at radius 2 is 0.972 bits per heavy atom. The highest BCUT2D eigenvalue weighted by Crippen LogP contribution is 2.24. The molecule has 0 aromatic carbocycles. The van der Waals surface area contributed by atoms with E-state index in [0.717, 1.165) is 61.3 Å². The average molecular weight is 509 g/mol. The van der Waals surface area contributed by atoms with E-state index in [9.17, 15) is 20.0 Å². The number of hydrazone groups is 2. The normalized spacial score (nSPS) is 23.1. The summed E-state index contributed by atoms with van der Waals surface area (Å²) in [5, 5.41) is 36.8. The van der Waals surface area contributed by atoms with Crippen LogP contribution in [0, 0.1) is 10.4 Å². The highest BCUT2D eigenvalue weighted by atomic mass is 16.4. The number of amidine groups is 2. The van der Waals surface area contributed by atoms with Gasteiger partial charge in [-0.05, 0) is 13.8 Å². The summed E-state index contributed by atoms with van der Waals surface area (Å²) in [6.07, 6.45) is 0. The Bertz CT molecular complexity index is 858. The zero-order valence-electron chi connectivity index (χ0n) is 20.9. The molecule has 0 aromatic rings. The first kappa shape index (κ1) is 26.9. The van der Waals surface area contributed by atoms with E-state index in [-0.39, 0.29) is 11.7 Å². The standard InChI is InChI=1S/C20H36N12O4/c1-15(23-25-19(21)33)17(27-35)29-3-7-31(8-4-29)11-13-32(14-12-31)9-5-30(6-10-32)18(28-36)16(2)24-26-20(22)34/h3-14H2,1-2H3,(H6-2,21,22,23,24,25,26,27,28,33,34,35,36). The van der Waals surface area contributed by atoms with Crippen LogP contribution >= 0.6 is 0 Å². The minimum Gasteiger partial charge on any atom is -0.790 e. The van der Waals surface area contributed by atoms with Gasteiger partial charge in [-0.15, -0.1) is 0 Å². The lowest BCUT2D eigenvalue weighted by Gasteiger charge is -2.54. The smallest absolute Gasteiger partial charge is 0.332 e. The fourth-order valence-electron chi connectivity index (χ4n) is 5.25. The van der Waals surface area contributed by atoms with E-state index >= 15 is 0 Å². The van der Waals surface area contributed by atoms with Gasteiger partial charge in [-0.2, -0.15) is 10.2 Å². The van der Waals surface area contributed by atoms with Gasteiger partial charge in [0.2, 0.25) is 0 Å². The lowest BCUT2D eigenvalue weighted by atomic mass is 10.1. The van der Waals surface area contributed by atoms with Gasteiger partial charge in [-0.3, -0.25) is 0 Å². The van der Waals surface area contributed by atoms with Gasteiger partial charge in [0.25, 0.3) is 0 Å². The highest BCUT2D eigenvalue weighted by Gasteiger charge is 2.45. The number of quaternary nitrogens is 2. The molecule has 3 saturated heterocycles. The van der Waals surface area contributed by atoms with Crippen LogP contribution in [-0.2, 0) is 0 Å². The molecular formula is C20H36N12O4. The summed E-state index contributed by atoms with van der Waals surface area (Å²) in [4.78, 5) is 25.6. The number of nitrogens with zero attached hydrogens (tertiary/aromatic N) is 8. The van der Waals surface area contributed by atoms with Crippen LogP contribution in [0.1, 0.15) is 13.8 Å². The Balaban J connectivity index is 1.52. The molecule has 16 nitrogen and oxygen atoms in total. The van der Waals surface area contributed by atoms with Crippen molar-refractivity contribution in [2.24, 2.45) is 32.0 Å². The number of piperazine rings is 3. The van der Waals surface area contributed by atoms with Crippen LogP contribution in [0.3, 0.4) is 0 Å². The van der Waals surface area contributed by atoms with Crippen molar-refractivity contribution in [1.29, 1.82) is 0 Å². The summed E-state index contributed by atoms with van der Waals surface area (Å²) in [5.41, 5.74) is 15.0. The van der Waals surface area contributed by atoms with E-state index in [2.05, 4.69) is 31.4 Å². The Kier molecular flexibility index (Phi) is 8.52. The number of rotatable bonds is 4. The number of hydrogen-bond donors (Lipinski definition) is 4. The minimum atomic E-state index is -0.797. The van der Waals surface area contributed by atoms with Crippen LogP contribution in [0.25, 0.3) is 0 Å². The molecule has 0 unspecified atom stereocenters. The molecule has 0 aromatic heterocycles. The predicted octanol–water partition coefficient (Wildman–Crippen LogP) is -1.85. The molecule has 36 heavy (non-hydrogen) atoms. The number of carbonyl (C=O) groups is 2. The maximum Gasteiger partial charge on any atom is 0.332 e. The third-order valence-electron chi connectivity index (χ3n) is 7.56. The largest absolute Gasteiger partial charge is 0.790 e. The van der Waals surface area contributed by atoms with E-state index in [1.165, 1.54) is 0 Å². The van der Waals surface area contributed by atoms with Crippen molar-refractivity contribution in [3.63, 3.8) is 0 Å². The Labute approximate surface area is 209 Å². The first-order valence-corrected chi connectivity index (χ1v) is 11.9. The Hall–Kier alpha value is -3.66. The molecule has 0 radical (unpaired) electrons. The van der Waals surface area contributed by atoms with Gasteiger partial charge in [0.05, 0.1) is 63.8 Å².